The monoisotopic (exact) mass is 187 g/mol. The Balaban J connectivity index is 2.96. The van der Waals surface area contributed by atoms with E-state index >= 15 is 0 Å². The average molecular weight is 187 g/mol. The SMILES string of the molecule is [C-]#[N+]c1ccccc1OC(F)(F)F. The van der Waals surface area contributed by atoms with Gasteiger partial charge in [0.05, 0.1) is 6.57 Å². The molecule has 1 aromatic rings. The van der Waals surface area contributed by atoms with Crippen LogP contribution in [0.5, 0.6) is 5.75 Å². The molecular weight excluding hydrogens is 183 g/mol. The molecule has 0 saturated carbocycles. The summed E-state index contributed by atoms with van der Waals surface area (Å²) >= 11 is 0. The van der Waals surface area contributed by atoms with Crippen LogP contribution in [0.4, 0.5) is 18.9 Å². The smallest absolute Gasteiger partial charge is 0.418 e. The van der Waals surface area contributed by atoms with Crippen LogP contribution in [-0.2, 0) is 0 Å². The molecular formula is C8H4F3NO. The Morgan fingerprint density at radius 1 is 1.23 bits per heavy atom. The fourth-order valence-electron chi connectivity index (χ4n) is 0.761. The number of halogens is 3. The van der Waals surface area contributed by atoms with Crippen LogP contribution in [0.2, 0.25) is 0 Å². The highest BCUT2D eigenvalue weighted by Gasteiger charge is 2.31. The molecule has 0 unspecified atom stereocenters. The van der Waals surface area contributed by atoms with Crippen molar-refractivity contribution in [1.82, 2.24) is 0 Å². The van der Waals surface area contributed by atoms with Gasteiger partial charge in [-0.15, -0.1) is 13.2 Å². The van der Waals surface area contributed by atoms with Gasteiger partial charge in [0.2, 0.25) is 5.69 Å². The van der Waals surface area contributed by atoms with E-state index in [1.165, 1.54) is 18.2 Å². The first-order valence-electron chi connectivity index (χ1n) is 3.25. The van der Waals surface area contributed by atoms with E-state index in [9.17, 15) is 13.2 Å². The quantitative estimate of drug-likeness (QED) is 0.615. The minimum absolute atomic E-state index is 0.153. The summed E-state index contributed by atoms with van der Waals surface area (Å²) in [6.45, 7) is 6.57. The van der Waals surface area contributed by atoms with E-state index < -0.39 is 12.1 Å². The van der Waals surface area contributed by atoms with Crippen LogP contribution < -0.4 is 4.74 Å². The van der Waals surface area contributed by atoms with Gasteiger partial charge >= 0.3 is 6.36 Å². The lowest BCUT2D eigenvalue weighted by atomic mass is 10.3. The predicted octanol–water partition coefficient (Wildman–Crippen LogP) is 3.14. The fourth-order valence-corrected chi connectivity index (χ4v) is 0.761. The van der Waals surface area contributed by atoms with Crippen molar-refractivity contribution in [3.8, 4) is 5.75 Å². The molecule has 0 fully saturated rings. The van der Waals surface area contributed by atoms with Crippen LogP contribution in [0.1, 0.15) is 0 Å². The zero-order valence-corrected chi connectivity index (χ0v) is 6.30. The van der Waals surface area contributed by atoms with E-state index in [-0.39, 0.29) is 5.69 Å². The molecule has 0 amide bonds. The van der Waals surface area contributed by atoms with Gasteiger partial charge < -0.3 is 4.74 Å². The van der Waals surface area contributed by atoms with Crippen LogP contribution in [0, 0.1) is 6.57 Å². The summed E-state index contributed by atoms with van der Waals surface area (Å²) in [6.07, 6.45) is -4.75. The first-order chi connectivity index (χ1) is 6.03. The van der Waals surface area contributed by atoms with Gasteiger partial charge in [0.25, 0.3) is 0 Å². The summed E-state index contributed by atoms with van der Waals surface area (Å²) in [4.78, 5) is 2.88. The molecule has 0 saturated heterocycles. The third kappa shape index (κ3) is 2.67. The summed E-state index contributed by atoms with van der Waals surface area (Å²) in [5.41, 5.74) is -0.153. The highest BCUT2D eigenvalue weighted by atomic mass is 19.4. The van der Waals surface area contributed by atoms with E-state index in [4.69, 9.17) is 6.57 Å². The number of rotatable bonds is 1. The number of benzene rings is 1. The first kappa shape index (κ1) is 9.39. The topological polar surface area (TPSA) is 13.6 Å². The minimum atomic E-state index is -4.75. The van der Waals surface area contributed by atoms with E-state index in [1.54, 1.807) is 0 Å². The molecule has 0 aliphatic carbocycles. The zero-order valence-electron chi connectivity index (χ0n) is 6.30. The van der Waals surface area contributed by atoms with Crippen LogP contribution >= 0.6 is 0 Å². The number of alkyl halides is 3. The van der Waals surface area contributed by atoms with Gasteiger partial charge in [-0.3, -0.25) is 0 Å². The summed E-state index contributed by atoms with van der Waals surface area (Å²) in [5, 5.41) is 0. The molecule has 5 heteroatoms. The molecule has 13 heavy (non-hydrogen) atoms. The van der Waals surface area contributed by atoms with Crippen molar-refractivity contribution < 1.29 is 17.9 Å². The lowest BCUT2D eigenvalue weighted by Crippen LogP contribution is -2.17. The van der Waals surface area contributed by atoms with Crippen molar-refractivity contribution in [2.24, 2.45) is 0 Å². The lowest BCUT2D eigenvalue weighted by molar-refractivity contribution is -0.274. The van der Waals surface area contributed by atoms with Gasteiger partial charge in [0, 0.05) is 0 Å². The summed E-state index contributed by atoms with van der Waals surface area (Å²) < 4.78 is 38.8. The molecule has 68 valence electrons. The first-order valence-corrected chi connectivity index (χ1v) is 3.25. The van der Waals surface area contributed by atoms with Gasteiger partial charge in [0.1, 0.15) is 5.75 Å². The summed E-state index contributed by atoms with van der Waals surface area (Å²) in [6, 6.07) is 5.20. The molecule has 0 aromatic heterocycles. The standard InChI is InChI=1S/C8H4F3NO/c1-12-6-4-2-3-5-7(6)13-8(9,10)11/h2-5H. The van der Waals surface area contributed by atoms with E-state index in [0.717, 1.165) is 6.07 Å². The summed E-state index contributed by atoms with van der Waals surface area (Å²) in [7, 11) is 0. The Bertz CT molecular complexity index is 340. The highest BCUT2D eigenvalue weighted by Crippen LogP contribution is 2.31. The van der Waals surface area contributed by atoms with Gasteiger partial charge in [-0.2, -0.15) is 0 Å². The van der Waals surface area contributed by atoms with E-state index in [1.807, 2.05) is 0 Å². The highest BCUT2D eigenvalue weighted by molar-refractivity contribution is 5.56. The third-order valence-electron chi connectivity index (χ3n) is 1.21. The van der Waals surface area contributed by atoms with Gasteiger partial charge in [0.15, 0.2) is 0 Å². The Kier molecular flexibility index (Phi) is 2.42. The lowest BCUT2D eigenvalue weighted by Gasteiger charge is -2.09. The number of ether oxygens (including phenoxy) is 1. The normalized spacial score (nSPS) is 10.6. The van der Waals surface area contributed by atoms with Crippen LogP contribution in [0.25, 0.3) is 4.85 Å². The van der Waals surface area contributed by atoms with Crippen LogP contribution in [0.15, 0.2) is 24.3 Å². The molecule has 0 bridgehead atoms. The van der Waals surface area contributed by atoms with Crippen LogP contribution in [0.3, 0.4) is 0 Å². The van der Waals surface area contributed by atoms with Gasteiger partial charge in [-0.05, 0) is 6.07 Å². The van der Waals surface area contributed by atoms with Crippen molar-refractivity contribution in [3.63, 3.8) is 0 Å². The molecule has 2 nitrogen and oxygen atoms in total. The van der Waals surface area contributed by atoms with Crippen molar-refractivity contribution in [2.75, 3.05) is 0 Å². The maximum absolute atomic E-state index is 11.7. The second kappa shape index (κ2) is 3.35. The molecule has 0 spiro atoms. The molecule has 0 N–H and O–H groups in total. The fraction of sp³-hybridized carbons (Fsp3) is 0.125. The number of hydrogen-bond acceptors (Lipinski definition) is 1. The van der Waals surface area contributed by atoms with Gasteiger partial charge in [-0.1, -0.05) is 18.2 Å². The molecule has 1 rings (SSSR count). The van der Waals surface area contributed by atoms with Gasteiger partial charge in [-0.25, -0.2) is 4.85 Å². The number of hydrogen-bond donors (Lipinski definition) is 0. The molecule has 1 aromatic carbocycles. The Labute approximate surface area is 72.4 Å². The van der Waals surface area contributed by atoms with Crippen molar-refractivity contribution in [2.45, 2.75) is 6.36 Å². The Morgan fingerprint density at radius 2 is 1.85 bits per heavy atom. The second-order valence-corrected chi connectivity index (χ2v) is 2.13. The molecule has 0 radical (unpaired) electrons. The summed E-state index contributed by atoms with van der Waals surface area (Å²) in [5.74, 6) is -0.468. The van der Waals surface area contributed by atoms with E-state index in [0.29, 0.717) is 0 Å². The number of nitrogens with zero attached hydrogens (tertiary/aromatic N) is 1. The van der Waals surface area contributed by atoms with Crippen molar-refractivity contribution >= 4 is 5.69 Å². The Morgan fingerprint density at radius 3 is 2.38 bits per heavy atom. The maximum atomic E-state index is 11.7. The third-order valence-corrected chi connectivity index (χ3v) is 1.21. The molecule has 0 atom stereocenters. The largest absolute Gasteiger partial charge is 0.571 e. The Hall–Kier alpha value is -1.70. The van der Waals surface area contributed by atoms with Crippen molar-refractivity contribution in [3.05, 3.63) is 35.7 Å². The number of para-hydroxylation sites is 2. The van der Waals surface area contributed by atoms with Crippen molar-refractivity contribution in [1.29, 1.82) is 0 Å². The predicted molar refractivity (Wildman–Crippen MR) is 39.4 cm³/mol. The molecule has 0 heterocycles. The van der Waals surface area contributed by atoms with Crippen LogP contribution in [-0.4, -0.2) is 6.36 Å². The minimum Gasteiger partial charge on any atom is -0.418 e. The van der Waals surface area contributed by atoms with E-state index in [2.05, 4.69) is 9.58 Å². The average Bonchev–Trinajstić information content (AvgIpc) is 2.02. The maximum Gasteiger partial charge on any atom is 0.571 e. The second-order valence-electron chi connectivity index (χ2n) is 2.13. The molecule has 0 aliphatic rings. The molecule has 0 aliphatic heterocycles. The zero-order chi connectivity index (χ0) is 9.90.